The second kappa shape index (κ2) is 5.64. The van der Waals surface area contributed by atoms with Crippen LogP contribution in [0.1, 0.15) is 19.5 Å². The van der Waals surface area contributed by atoms with Crippen molar-refractivity contribution in [2.24, 2.45) is 0 Å². The third kappa shape index (κ3) is 2.74. The third-order valence-corrected chi connectivity index (χ3v) is 2.87. The van der Waals surface area contributed by atoms with Crippen molar-refractivity contribution in [3.8, 4) is 0 Å². The second-order valence-electron chi connectivity index (χ2n) is 4.40. The van der Waals surface area contributed by atoms with Crippen LogP contribution in [0.25, 0.3) is 10.9 Å². The SMILES string of the molecule is CCOC(=O)n1c(CNC(C)=O)cc2cc(N)ccc21. The van der Waals surface area contributed by atoms with E-state index in [4.69, 9.17) is 10.5 Å². The average molecular weight is 275 g/mol. The average Bonchev–Trinajstić information content (AvgIpc) is 2.74. The van der Waals surface area contributed by atoms with Gasteiger partial charge in [-0.2, -0.15) is 0 Å². The van der Waals surface area contributed by atoms with Crippen LogP contribution in [0.3, 0.4) is 0 Å². The van der Waals surface area contributed by atoms with Crippen molar-refractivity contribution in [3.05, 3.63) is 30.0 Å². The molecular weight excluding hydrogens is 258 g/mol. The number of fused-ring (bicyclic) bond motifs is 1. The number of anilines is 1. The molecule has 0 aliphatic carbocycles. The van der Waals surface area contributed by atoms with E-state index in [2.05, 4.69) is 5.32 Å². The fourth-order valence-electron chi connectivity index (χ4n) is 2.04. The van der Waals surface area contributed by atoms with Gasteiger partial charge in [-0.3, -0.25) is 4.79 Å². The van der Waals surface area contributed by atoms with Crippen molar-refractivity contribution in [2.45, 2.75) is 20.4 Å². The van der Waals surface area contributed by atoms with E-state index in [1.807, 2.05) is 6.07 Å². The second-order valence-corrected chi connectivity index (χ2v) is 4.40. The molecule has 1 amide bonds. The van der Waals surface area contributed by atoms with Gasteiger partial charge in [0, 0.05) is 23.7 Å². The van der Waals surface area contributed by atoms with E-state index in [9.17, 15) is 9.59 Å². The molecule has 0 spiro atoms. The van der Waals surface area contributed by atoms with Gasteiger partial charge in [-0.25, -0.2) is 9.36 Å². The van der Waals surface area contributed by atoms with E-state index in [0.29, 0.717) is 16.9 Å². The first-order valence-electron chi connectivity index (χ1n) is 6.34. The van der Waals surface area contributed by atoms with Crippen LogP contribution in [-0.2, 0) is 16.1 Å². The Morgan fingerprint density at radius 1 is 1.35 bits per heavy atom. The highest BCUT2D eigenvalue weighted by atomic mass is 16.5. The highest BCUT2D eigenvalue weighted by molar-refractivity contribution is 5.92. The van der Waals surface area contributed by atoms with E-state index in [1.165, 1.54) is 11.5 Å². The summed E-state index contributed by atoms with van der Waals surface area (Å²) in [5.74, 6) is -0.162. The minimum atomic E-state index is -0.465. The van der Waals surface area contributed by atoms with Gasteiger partial charge in [-0.05, 0) is 31.2 Å². The molecule has 0 radical (unpaired) electrons. The Morgan fingerprint density at radius 2 is 2.10 bits per heavy atom. The fraction of sp³-hybridized carbons (Fsp3) is 0.286. The molecule has 106 valence electrons. The number of amides is 1. The molecule has 0 saturated carbocycles. The zero-order valence-corrected chi connectivity index (χ0v) is 11.5. The van der Waals surface area contributed by atoms with Crippen LogP contribution in [-0.4, -0.2) is 23.2 Å². The number of rotatable bonds is 3. The molecule has 6 nitrogen and oxygen atoms in total. The number of aromatic nitrogens is 1. The molecule has 2 rings (SSSR count). The number of nitrogen functional groups attached to an aromatic ring is 1. The lowest BCUT2D eigenvalue weighted by molar-refractivity contribution is -0.119. The summed E-state index contributed by atoms with van der Waals surface area (Å²) in [5.41, 5.74) is 7.72. The van der Waals surface area contributed by atoms with Crippen LogP contribution in [0, 0.1) is 0 Å². The molecule has 0 atom stereocenters. The first-order chi connectivity index (χ1) is 9.52. The highest BCUT2D eigenvalue weighted by Gasteiger charge is 2.16. The van der Waals surface area contributed by atoms with Gasteiger partial charge in [0.15, 0.2) is 0 Å². The molecular formula is C14H17N3O3. The first-order valence-corrected chi connectivity index (χ1v) is 6.34. The minimum absolute atomic E-state index is 0.162. The van der Waals surface area contributed by atoms with Gasteiger partial charge in [-0.15, -0.1) is 0 Å². The van der Waals surface area contributed by atoms with E-state index < -0.39 is 6.09 Å². The number of carbonyl (C=O) groups is 2. The Hall–Kier alpha value is -2.50. The Balaban J connectivity index is 2.50. The number of hydrogen-bond acceptors (Lipinski definition) is 4. The third-order valence-electron chi connectivity index (χ3n) is 2.87. The molecule has 1 heterocycles. The van der Waals surface area contributed by atoms with E-state index in [0.717, 1.165) is 5.39 Å². The zero-order chi connectivity index (χ0) is 14.7. The van der Waals surface area contributed by atoms with Gasteiger partial charge >= 0.3 is 6.09 Å². The van der Waals surface area contributed by atoms with Gasteiger partial charge in [0.05, 0.1) is 18.7 Å². The van der Waals surface area contributed by atoms with Crippen molar-refractivity contribution in [1.82, 2.24) is 9.88 Å². The van der Waals surface area contributed by atoms with Crippen LogP contribution in [0.5, 0.6) is 0 Å². The quantitative estimate of drug-likeness (QED) is 0.837. The standard InChI is InChI=1S/C14H17N3O3/c1-3-20-14(19)17-12(8-16-9(2)18)7-10-6-11(15)4-5-13(10)17/h4-7H,3,8,15H2,1-2H3,(H,16,18). The molecule has 2 aromatic rings. The summed E-state index contributed by atoms with van der Waals surface area (Å²) >= 11 is 0. The van der Waals surface area contributed by atoms with Crippen molar-refractivity contribution >= 4 is 28.6 Å². The molecule has 20 heavy (non-hydrogen) atoms. The predicted octanol–water partition coefficient (Wildman–Crippen LogP) is 1.86. The van der Waals surface area contributed by atoms with E-state index in [-0.39, 0.29) is 19.1 Å². The van der Waals surface area contributed by atoms with Crippen LogP contribution < -0.4 is 11.1 Å². The maximum Gasteiger partial charge on any atom is 0.418 e. The lowest BCUT2D eigenvalue weighted by Crippen LogP contribution is -2.23. The minimum Gasteiger partial charge on any atom is -0.449 e. The van der Waals surface area contributed by atoms with E-state index in [1.54, 1.807) is 25.1 Å². The normalized spacial score (nSPS) is 10.5. The predicted molar refractivity (Wildman–Crippen MR) is 76.3 cm³/mol. The van der Waals surface area contributed by atoms with Gasteiger partial charge in [0.25, 0.3) is 0 Å². The summed E-state index contributed by atoms with van der Waals surface area (Å²) in [6.07, 6.45) is -0.465. The molecule has 0 aliphatic rings. The van der Waals surface area contributed by atoms with Crippen LogP contribution in [0.15, 0.2) is 24.3 Å². The molecule has 1 aromatic heterocycles. The summed E-state index contributed by atoms with van der Waals surface area (Å²) < 4.78 is 6.50. The maximum atomic E-state index is 12.1. The van der Waals surface area contributed by atoms with Crippen molar-refractivity contribution in [1.29, 1.82) is 0 Å². The zero-order valence-electron chi connectivity index (χ0n) is 11.5. The molecule has 3 N–H and O–H groups in total. The molecule has 0 fully saturated rings. The fourth-order valence-corrected chi connectivity index (χ4v) is 2.04. The van der Waals surface area contributed by atoms with Crippen LogP contribution in [0.4, 0.5) is 10.5 Å². The Morgan fingerprint density at radius 3 is 2.75 bits per heavy atom. The maximum absolute atomic E-state index is 12.1. The Labute approximate surface area is 116 Å². The van der Waals surface area contributed by atoms with Gasteiger partial charge < -0.3 is 15.8 Å². The lowest BCUT2D eigenvalue weighted by atomic mass is 10.2. The topological polar surface area (TPSA) is 86.3 Å². The summed E-state index contributed by atoms with van der Waals surface area (Å²) in [4.78, 5) is 23.1. The molecule has 0 aliphatic heterocycles. The molecule has 1 aromatic carbocycles. The molecule has 6 heteroatoms. The van der Waals surface area contributed by atoms with Gasteiger partial charge in [-0.1, -0.05) is 0 Å². The van der Waals surface area contributed by atoms with Gasteiger partial charge in [0.1, 0.15) is 0 Å². The molecule has 0 bridgehead atoms. The summed E-state index contributed by atoms with van der Waals surface area (Å²) in [6, 6.07) is 7.08. The largest absolute Gasteiger partial charge is 0.449 e. The number of nitrogens with one attached hydrogen (secondary N) is 1. The van der Waals surface area contributed by atoms with Crippen LogP contribution in [0.2, 0.25) is 0 Å². The number of benzene rings is 1. The summed E-state index contributed by atoms with van der Waals surface area (Å²) in [7, 11) is 0. The van der Waals surface area contributed by atoms with Gasteiger partial charge in [0.2, 0.25) is 5.91 Å². The van der Waals surface area contributed by atoms with Crippen molar-refractivity contribution in [3.63, 3.8) is 0 Å². The molecule has 0 unspecified atom stereocenters. The highest BCUT2D eigenvalue weighted by Crippen LogP contribution is 2.22. The lowest BCUT2D eigenvalue weighted by Gasteiger charge is -2.09. The number of carbonyl (C=O) groups excluding carboxylic acids is 2. The smallest absolute Gasteiger partial charge is 0.418 e. The summed E-state index contributed by atoms with van der Waals surface area (Å²) in [5, 5.41) is 3.51. The van der Waals surface area contributed by atoms with Crippen molar-refractivity contribution < 1.29 is 14.3 Å². The Bertz CT molecular complexity index is 661. The summed E-state index contributed by atoms with van der Waals surface area (Å²) in [6.45, 7) is 3.71. The number of ether oxygens (including phenoxy) is 1. The molecule has 0 saturated heterocycles. The monoisotopic (exact) mass is 275 g/mol. The number of nitrogens with two attached hydrogens (primary N) is 1. The number of hydrogen-bond donors (Lipinski definition) is 2. The van der Waals surface area contributed by atoms with E-state index >= 15 is 0 Å². The van der Waals surface area contributed by atoms with Crippen molar-refractivity contribution in [2.75, 3.05) is 12.3 Å². The Kier molecular flexibility index (Phi) is 3.93. The first kappa shape index (κ1) is 13.9. The number of nitrogens with zero attached hydrogens (tertiary/aromatic N) is 1. The van der Waals surface area contributed by atoms with Crippen LogP contribution >= 0.6 is 0 Å².